The number of fused-ring (bicyclic) bond motifs is 1. The zero-order valence-electron chi connectivity index (χ0n) is 16.7. The molecule has 4 rings (SSSR count). The molecular formula is C21H18N2O7. The van der Waals surface area contributed by atoms with E-state index in [-0.39, 0.29) is 17.3 Å². The predicted molar refractivity (Wildman–Crippen MR) is 107 cm³/mol. The fourth-order valence-corrected chi connectivity index (χ4v) is 3.04. The Morgan fingerprint density at radius 1 is 0.867 bits per heavy atom. The molecular weight excluding hydrogens is 392 g/mol. The number of hydrogen-bond donors (Lipinski definition) is 0. The molecule has 154 valence electrons. The van der Waals surface area contributed by atoms with Gasteiger partial charge in [0.1, 0.15) is 16.9 Å². The van der Waals surface area contributed by atoms with Gasteiger partial charge >= 0.3 is 5.63 Å². The topological polar surface area (TPSA) is 106 Å². The summed E-state index contributed by atoms with van der Waals surface area (Å²) in [7, 11) is 6.10. The Morgan fingerprint density at radius 3 is 2.23 bits per heavy atom. The Hall–Kier alpha value is -4.01. The third kappa shape index (κ3) is 3.30. The van der Waals surface area contributed by atoms with Crippen LogP contribution in [0.25, 0.3) is 33.8 Å². The van der Waals surface area contributed by atoms with Gasteiger partial charge in [-0.2, -0.15) is 4.98 Å². The third-order valence-corrected chi connectivity index (χ3v) is 4.52. The molecule has 0 saturated heterocycles. The van der Waals surface area contributed by atoms with Crippen LogP contribution in [0.1, 0.15) is 0 Å². The third-order valence-electron chi connectivity index (χ3n) is 4.52. The molecule has 0 aliphatic carbocycles. The molecule has 9 nitrogen and oxygen atoms in total. The highest BCUT2D eigenvalue weighted by Crippen LogP contribution is 2.40. The van der Waals surface area contributed by atoms with Crippen molar-refractivity contribution < 1.29 is 27.9 Å². The molecule has 0 saturated carbocycles. The quantitative estimate of drug-likeness (QED) is 0.441. The summed E-state index contributed by atoms with van der Waals surface area (Å²) in [5, 5.41) is 4.64. The lowest BCUT2D eigenvalue weighted by Crippen LogP contribution is -2.03. The van der Waals surface area contributed by atoms with E-state index in [4.69, 9.17) is 27.9 Å². The maximum absolute atomic E-state index is 12.4. The molecule has 2 aromatic carbocycles. The molecule has 30 heavy (non-hydrogen) atoms. The second kappa shape index (κ2) is 7.78. The number of aromatic nitrogens is 2. The van der Waals surface area contributed by atoms with Gasteiger partial charge in [0.25, 0.3) is 5.89 Å². The monoisotopic (exact) mass is 410 g/mol. The van der Waals surface area contributed by atoms with E-state index in [9.17, 15) is 4.79 Å². The Balaban J connectivity index is 1.80. The van der Waals surface area contributed by atoms with Crippen molar-refractivity contribution in [2.75, 3.05) is 28.4 Å². The van der Waals surface area contributed by atoms with Crippen LogP contribution in [-0.4, -0.2) is 38.6 Å². The van der Waals surface area contributed by atoms with E-state index in [1.54, 1.807) is 43.5 Å². The van der Waals surface area contributed by atoms with E-state index in [0.717, 1.165) is 0 Å². The molecule has 0 radical (unpaired) electrons. The van der Waals surface area contributed by atoms with Crippen molar-refractivity contribution in [3.8, 4) is 45.8 Å². The predicted octanol–water partition coefficient (Wildman–Crippen LogP) is 3.54. The van der Waals surface area contributed by atoms with Crippen molar-refractivity contribution in [1.29, 1.82) is 0 Å². The molecule has 0 bridgehead atoms. The summed E-state index contributed by atoms with van der Waals surface area (Å²) in [6.45, 7) is 0. The Morgan fingerprint density at radius 2 is 1.60 bits per heavy atom. The first-order valence-corrected chi connectivity index (χ1v) is 8.84. The summed E-state index contributed by atoms with van der Waals surface area (Å²) >= 11 is 0. The van der Waals surface area contributed by atoms with Crippen LogP contribution in [0.15, 0.2) is 50.1 Å². The minimum absolute atomic E-state index is 0.0252. The number of ether oxygens (including phenoxy) is 4. The summed E-state index contributed by atoms with van der Waals surface area (Å²) in [4.78, 5) is 16.8. The van der Waals surface area contributed by atoms with Gasteiger partial charge in [-0.15, -0.1) is 0 Å². The zero-order chi connectivity index (χ0) is 21.3. The highest BCUT2D eigenvalue weighted by atomic mass is 16.5. The summed E-state index contributed by atoms with van der Waals surface area (Å²) in [6.07, 6.45) is 0. The molecule has 0 aliphatic heterocycles. The number of rotatable bonds is 6. The molecule has 0 unspecified atom stereocenters. The first-order chi connectivity index (χ1) is 14.6. The summed E-state index contributed by atoms with van der Waals surface area (Å²) in [5.41, 5.74) is 0.537. The van der Waals surface area contributed by atoms with Crippen LogP contribution in [0.3, 0.4) is 0 Å². The summed E-state index contributed by atoms with van der Waals surface area (Å²) in [5.74, 6) is 2.22. The van der Waals surface area contributed by atoms with Crippen LogP contribution in [0.4, 0.5) is 0 Å². The normalized spacial score (nSPS) is 10.8. The molecule has 0 spiro atoms. The standard InChI is InChI=1S/C21H18N2O7/c1-25-13-5-6-15-11(7-13)8-14(21(24)29-15)20-22-19(23-30-20)12-9-16(26-2)18(28-4)17(10-12)27-3/h5-10H,1-4H3. The number of benzene rings is 2. The lowest BCUT2D eigenvalue weighted by Gasteiger charge is -2.12. The Bertz CT molecular complexity index is 1250. The van der Waals surface area contributed by atoms with Crippen molar-refractivity contribution >= 4 is 11.0 Å². The average molecular weight is 410 g/mol. The van der Waals surface area contributed by atoms with E-state index in [2.05, 4.69) is 10.1 Å². The molecule has 0 atom stereocenters. The highest BCUT2D eigenvalue weighted by Gasteiger charge is 2.20. The van der Waals surface area contributed by atoms with Crippen LogP contribution in [0.2, 0.25) is 0 Å². The van der Waals surface area contributed by atoms with Gasteiger partial charge in [-0.1, -0.05) is 5.16 Å². The first-order valence-electron chi connectivity index (χ1n) is 8.84. The van der Waals surface area contributed by atoms with Crippen molar-refractivity contribution in [1.82, 2.24) is 10.1 Å². The van der Waals surface area contributed by atoms with Gasteiger partial charge in [0, 0.05) is 10.9 Å². The second-order valence-corrected chi connectivity index (χ2v) is 6.19. The van der Waals surface area contributed by atoms with Crippen LogP contribution in [0, 0.1) is 0 Å². The van der Waals surface area contributed by atoms with Gasteiger partial charge in [-0.05, 0) is 36.4 Å². The summed E-state index contributed by atoms with van der Waals surface area (Å²) < 4.78 is 31.9. The molecule has 0 N–H and O–H groups in total. The minimum Gasteiger partial charge on any atom is -0.497 e. The molecule has 2 heterocycles. The van der Waals surface area contributed by atoms with E-state index in [1.165, 1.54) is 21.3 Å². The van der Waals surface area contributed by atoms with Gasteiger partial charge in [0.05, 0.1) is 28.4 Å². The second-order valence-electron chi connectivity index (χ2n) is 6.19. The van der Waals surface area contributed by atoms with E-state index in [0.29, 0.717) is 39.5 Å². The lowest BCUT2D eigenvalue weighted by molar-refractivity contribution is 0.324. The zero-order valence-corrected chi connectivity index (χ0v) is 16.7. The Labute approximate surface area is 170 Å². The highest BCUT2D eigenvalue weighted by molar-refractivity contribution is 5.81. The molecule has 0 amide bonds. The fraction of sp³-hybridized carbons (Fsp3) is 0.190. The van der Waals surface area contributed by atoms with Crippen LogP contribution < -0.4 is 24.6 Å². The Kier molecular flexibility index (Phi) is 5.01. The number of methoxy groups -OCH3 is 4. The lowest BCUT2D eigenvalue weighted by atomic mass is 10.1. The van der Waals surface area contributed by atoms with E-state index < -0.39 is 5.63 Å². The van der Waals surface area contributed by atoms with Crippen LogP contribution >= 0.6 is 0 Å². The first kappa shape index (κ1) is 19.3. The van der Waals surface area contributed by atoms with Gasteiger partial charge in [-0.3, -0.25) is 0 Å². The number of nitrogens with zero attached hydrogens (tertiary/aromatic N) is 2. The van der Waals surface area contributed by atoms with Crippen LogP contribution in [-0.2, 0) is 0 Å². The fourth-order valence-electron chi connectivity index (χ4n) is 3.04. The van der Waals surface area contributed by atoms with Gasteiger partial charge in [0.2, 0.25) is 11.6 Å². The molecule has 0 aliphatic rings. The van der Waals surface area contributed by atoms with Gasteiger partial charge < -0.3 is 27.9 Å². The average Bonchev–Trinajstić information content (AvgIpc) is 3.27. The SMILES string of the molecule is COc1ccc2oc(=O)c(-c3nc(-c4cc(OC)c(OC)c(OC)c4)no3)cc2c1. The summed E-state index contributed by atoms with van der Waals surface area (Å²) in [6, 6.07) is 10.1. The number of hydrogen-bond acceptors (Lipinski definition) is 9. The molecule has 4 aromatic rings. The van der Waals surface area contributed by atoms with E-state index in [1.807, 2.05) is 0 Å². The van der Waals surface area contributed by atoms with Crippen LogP contribution in [0.5, 0.6) is 23.0 Å². The van der Waals surface area contributed by atoms with Crippen molar-refractivity contribution in [3.63, 3.8) is 0 Å². The van der Waals surface area contributed by atoms with Crippen molar-refractivity contribution in [3.05, 3.63) is 46.8 Å². The van der Waals surface area contributed by atoms with Gasteiger partial charge in [-0.25, -0.2) is 4.79 Å². The maximum atomic E-state index is 12.4. The molecule has 2 aromatic heterocycles. The largest absolute Gasteiger partial charge is 0.497 e. The maximum Gasteiger partial charge on any atom is 0.349 e. The van der Waals surface area contributed by atoms with Crippen molar-refractivity contribution in [2.45, 2.75) is 0 Å². The van der Waals surface area contributed by atoms with Crippen molar-refractivity contribution in [2.24, 2.45) is 0 Å². The van der Waals surface area contributed by atoms with E-state index >= 15 is 0 Å². The molecule has 9 heteroatoms. The minimum atomic E-state index is -0.590. The molecule has 0 fully saturated rings. The van der Waals surface area contributed by atoms with Gasteiger partial charge in [0.15, 0.2) is 11.5 Å². The smallest absolute Gasteiger partial charge is 0.349 e.